The molecule has 3 heterocycles. The number of benzene rings is 1. The van der Waals surface area contributed by atoms with Gasteiger partial charge >= 0.3 is 0 Å². The average molecular weight is 288 g/mol. The van der Waals surface area contributed by atoms with E-state index in [0.717, 1.165) is 17.9 Å². The standard InChI is InChI=1S/C18H16N4/c1-2-18-9-5-7-13(18)16-21-14-10-19-11-20-17(14)22(16)15-8-4-3-6-12(15)18/h2-8,10-11,13,16,21H,1,9H2. The van der Waals surface area contributed by atoms with Crippen molar-refractivity contribution in [2.24, 2.45) is 5.92 Å². The molecule has 0 radical (unpaired) electrons. The first kappa shape index (κ1) is 12.0. The van der Waals surface area contributed by atoms with Gasteiger partial charge in [0.1, 0.15) is 12.5 Å². The first-order valence-electron chi connectivity index (χ1n) is 7.61. The van der Waals surface area contributed by atoms with E-state index in [0.29, 0.717) is 5.92 Å². The van der Waals surface area contributed by atoms with Gasteiger partial charge in [-0.1, -0.05) is 36.4 Å². The molecule has 2 aliphatic heterocycles. The monoisotopic (exact) mass is 288 g/mol. The van der Waals surface area contributed by atoms with Gasteiger partial charge in [-0.2, -0.15) is 0 Å². The molecule has 1 aliphatic carbocycles. The maximum absolute atomic E-state index is 4.51. The highest BCUT2D eigenvalue weighted by molar-refractivity contribution is 5.83. The second-order valence-corrected chi connectivity index (χ2v) is 6.14. The number of nitrogens with one attached hydrogen (secondary N) is 1. The van der Waals surface area contributed by atoms with Gasteiger partial charge in [-0.25, -0.2) is 9.97 Å². The van der Waals surface area contributed by atoms with E-state index in [2.05, 4.69) is 69.3 Å². The summed E-state index contributed by atoms with van der Waals surface area (Å²) in [4.78, 5) is 11.0. The number of hydrogen-bond acceptors (Lipinski definition) is 4. The van der Waals surface area contributed by atoms with Gasteiger partial charge in [0.2, 0.25) is 0 Å². The summed E-state index contributed by atoms with van der Waals surface area (Å²) in [5.41, 5.74) is 3.53. The molecule has 0 spiro atoms. The molecule has 0 bridgehead atoms. The number of aromatic nitrogens is 2. The van der Waals surface area contributed by atoms with Crippen LogP contribution in [0.25, 0.3) is 0 Å². The maximum Gasteiger partial charge on any atom is 0.161 e. The fourth-order valence-corrected chi connectivity index (χ4v) is 4.29. The number of hydrogen-bond donors (Lipinski definition) is 1. The molecule has 0 saturated heterocycles. The molecule has 0 saturated carbocycles. The van der Waals surface area contributed by atoms with Gasteiger partial charge < -0.3 is 10.2 Å². The van der Waals surface area contributed by atoms with Crippen LogP contribution in [-0.2, 0) is 5.41 Å². The first-order valence-corrected chi connectivity index (χ1v) is 7.61. The topological polar surface area (TPSA) is 41.1 Å². The van der Waals surface area contributed by atoms with Gasteiger partial charge in [0.05, 0.1) is 11.9 Å². The molecule has 1 N–H and O–H groups in total. The Morgan fingerprint density at radius 1 is 1.36 bits per heavy atom. The van der Waals surface area contributed by atoms with Crippen molar-refractivity contribution >= 4 is 17.2 Å². The van der Waals surface area contributed by atoms with Crippen LogP contribution in [0.3, 0.4) is 0 Å². The summed E-state index contributed by atoms with van der Waals surface area (Å²) in [7, 11) is 0. The Labute approximate surface area is 129 Å². The Morgan fingerprint density at radius 3 is 3.18 bits per heavy atom. The predicted octanol–water partition coefficient (Wildman–Crippen LogP) is 3.38. The van der Waals surface area contributed by atoms with Gasteiger partial charge in [-0.3, -0.25) is 0 Å². The second kappa shape index (κ2) is 3.97. The molecule has 2 aromatic rings. The second-order valence-electron chi connectivity index (χ2n) is 6.14. The van der Waals surface area contributed by atoms with E-state index in [1.165, 1.54) is 11.3 Å². The summed E-state index contributed by atoms with van der Waals surface area (Å²) in [6.45, 7) is 4.17. The molecule has 3 atom stereocenters. The Hall–Kier alpha value is -2.62. The molecule has 3 aliphatic rings. The Morgan fingerprint density at radius 2 is 2.27 bits per heavy atom. The normalized spacial score (nSPS) is 30.1. The lowest BCUT2D eigenvalue weighted by atomic mass is 9.67. The van der Waals surface area contributed by atoms with Crippen molar-refractivity contribution in [3.63, 3.8) is 0 Å². The summed E-state index contributed by atoms with van der Waals surface area (Å²) in [5, 5.41) is 3.61. The lowest BCUT2D eigenvalue weighted by Crippen LogP contribution is -2.51. The van der Waals surface area contributed by atoms with Gasteiger partial charge in [-0.05, 0) is 18.1 Å². The third-order valence-electron chi connectivity index (χ3n) is 5.26. The number of anilines is 3. The highest BCUT2D eigenvalue weighted by atomic mass is 15.4. The molecule has 1 aromatic heterocycles. The molecule has 22 heavy (non-hydrogen) atoms. The van der Waals surface area contributed by atoms with E-state index >= 15 is 0 Å². The van der Waals surface area contributed by atoms with E-state index in [1.807, 2.05) is 6.20 Å². The van der Waals surface area contributed by atoms with Gasteiger partial charge in [0, 0.05) is 17.0 Å². The van der Waals surface area contributed by atoms with E-state index < -0.39 is 0 Å². The van der Waals surface area contributed by atoms with Crippen LogP contribution in [0.4, 0.5) is 17.2 Å². The van der Waals surface area contributed by atoms with Gasteiger partial charge in [0.15, 0.2) is 5.82 Å². The smallest absolute Gasteiger partial charge is 0.161 e. The third-order valence-corrected chi connectivity index (χ3v) is 5.26. The fourth-order valence-electron chi connectivity index (χ4n) is 4.29. The molecular formula is C18H16N4. The van der Waals surface area contributed by atoms with E-state index in [-0.39, 0.29) is 11.6 Å². The Kier molecular flexibility index (Phi) is 2.16. The van der Waals surface area contributed by atoms with Crippen molar-refractivity contribution in [2.75, 3.05) is 10.2 Å². The molecule has 3 unspecified atom stereocenters. The lowest BCUT2D eigenvalue weighted by molar-refractivity contribution is 0.363. The average Bonchev–Trinajstić information content (AvgIpc) is 3.17. The van der Waals surface area contributed by atoms with Crippen molar-refractivity contribution < 1.29 is 0 Å². The molecule has 5 rings (SSSR count). The molecule has 0 amide bonds. The molecular weight excluding hydrogens is 272 g/mol. The zero-order chi connectivity index (χ0) is 14.7. The third kappa shape index (κ3) is 1.24. The van der Waals surface area contributed by atoms with Crippen LogP contribution >= 0.6 is 0 Å². The van der Waals surface area contributed by atoms with Crippen molar-refractivity contribution in [3.8, 4) is 0 Å². The lowest BCUT2D eigenvalue weighted by Gasteiger charge is -2.47. The molecule has 4 nitrogen and oxygen atoms in total. The SMILES string of the molecule is C=CC12CC=CC1C1Nc3cncnc3N1c1ccccc12. The van der Waals surface area contributed by atoms with E-state index in [1.54, 1.807) is 6.33 Å². The van der Waals surface area contributed by atoms with Crippen molar-refractivity contribution in [2.45, 2.75) is 18.0 Å². The number of allylic oxidation sites excluding steroid dienone is 2. The summed E-state index contributed by atoms with van der Waals surface area (Å²) in [6.07, 6.45) is 11.4. The van der Waals surface area contributed by atoms with Crippen LogP contribution in [0.15, 0.2) is 61.6 Å². The van der Waals surface area contributed by atoms with Crippen LogP contribution in [0, 0.1) is 5.92 Å². The van der Waals surface area contributed by atoms with Crippen LogP contribution in [0.1, 0.15) is 12.0 Å². The molecule has 1 aromatic carbocycles. The minimum Gasteiger partial charge on any atom is -0.360 e. The van der Waals surface area contributed by atoms with E-state index in [9.17, 15) is 0 Å². The number of para-hydroxylation sites is 1. The van der Waals surface area contributed by atoms with Crippen molar-refractivity contribution in [3.05, 3.63) is 67.2 Å². The van der Waals surface area contributed by atoms with Crippen LogP contribution in [0.5, 0.6) is 0 Å². The minimum absolute atomic E-state index is 0.0275. The maximum atomic E-state index is 4.51. The Bertz CT molecular complexity index is 812. The van der Waals surface area contributed by atoms with Crippen molar-refractivity contribution in [1.29, 1.82) is 0 Å². The van der Waals surface area contributed by atoms with Gasteiger partial charge in [-0.15, -0.1) is 6.58 Å². The molecule has 0 fully saturated rings. The number of fused-ring (bicyclic) bond motifs is 8. The van der Waals surface area contributed by atoms with Crippen molar-refractivity contribution in [1.82, 2.24) is 9.97 Å². The number of rotatable bonds is 1. The summed E-state index contributed by atoms with van der Waals surface area (Å²) >= 11 is 0. The quantitative estimate of drug-likeness (QED) is 0.817. The first-order chi connectivity index (χ1) is 10.8. The van der Waals surface area contributed by atoms with Gasteiger partial charge in [0.25, 0.3) is 0 Å². The predicted molar refractivity (Wildman–Crippen MR) is 87.1 cm³/mol. The van der Waals surface area contributed by atoms with Crippen LogP contribution < -0.4 is 10.2 Å². The number of nitrogens with zero attached hydrogens (tertiary/aromatic N) is 3. The Balaban J connectivity index is 1.81. The minimum atomic E-state index is -0.0275. The fraction of sp³-hybridized carbons (Fsp3) is 0.222. The summed E-state index contributed by atoms with van der Waals surface area (Å²) in [5.74, 6) is 1.31. The van der Waals surface area contributed by atoms with Crippen LogP contribution in [-0.4, -0.2) is 16.1 Å². The zero-order valence-electron chi connectivity index (χ0n) is 12.1. The highest BCUT2D eigenvalue weighted by Crippen LogP contribution is 2.56. The summed E-state index contributed by atoms with van der Waals surface area (Å²) < 4.78 is 0. The van der Waals surface area contributed by atoms with Crippen LogP contribution in [0.2, 0.25) is 0 Å². The van der Waals surface area contributed by atoms with E-state index in [4.69, 9.17) is 0 Å². The zero-order valence-corrected chi connectivity index (χ0v) is 12.1. The summed E-state index contributed by atoms with van der Waals surface area (Å²) in [6, 6.07) is 8.62. The molecule has 4 heteroatoms. The largest absolute Gasteiger partial charge is 0.360 e. The molecule has 108 valence electrons. The highest BCUT2D eigenvalue weighted by Gasteiger charge is 2.53.